The van der Waals surface area contributed by atoms with Crippen LogP contribution in [0, 0.1) is 11.7 Å². The topological polar surface area (TPSA) is 41.1 Å². The molecule has 0 radical (unpaired) electrons. The second-order valence-electron chi connectivity index (χ2n) is 4.97. The summed E-state index contributed by atoms with van der Waals surface area (Å²) in [6.07, 6.45) is 1.99. The van der Waals surface area contributed by atoms with Gasteiger partial charge in [-0.05, 0) is 61.4 Å². The smallest absolute Gasteiger partial charge is 0.227 e. The highest BCUT2D eigenvalue weighted by Crippen LogP contribution is 2.30. The monoisotopic (exact) mass is 270 g/mol. The van der Waals surface area contributed by atoms with Gasteiger partial charge in [0.2, 0.25) is 5.91 Å². The van der Waals surface area contributed by atoms with Crippen molar-refractivity contribution in [3.05, 3.63) is 54.3 Å². The number of anilines is 3. The lowest BCUT2D eigenvalue weighted by atomic mass is 10.2. The molecule has 0 saturated heterocycles. The van der Waals surface area contributed by atoms with Crippen LogP contribution >= 0.6 is 0 Å². The van der Waals surface area contributed by atoms with E-state index >= 15 is 0 Å². The fourth-order valence-corrected chi connectivity index (χ4v) is 1.93. The molecule has 2 aromatic rings. The fraction of sp³-hybridized carbons (Fsp3) is 0.188. The normalized spacial score (nSPS) is 13.8. The third kappa shape index (κ3) is 3.15. The third-order valence-corrected chi connectivity index (χ3v) is 3.23. The lowest BCUT2D eigenvalue weighted by molar-refractivity contribution is -0.117. The molecule has 0 aliphatic heterocycles. The maximum atomic E-state index is 12.8. The minimum absolute atomic E-state index is 0.101. The van der Waals surface area contributed by atoms with Gasteiger partial charge in [-0.3, -0.25) is 4.79 Å². The summed E-state index contributed by atoms with van der Waals surface area (Å²) in [5, 5.41) is 6.05. The van der Waals surface area contributed by atoms with Crippen LogP contribution in [0.1, 0.15) is 12.8 Å². The van der Waals surface area contributed by atoms with Gasteiger partial charge in [-0.25, -0.2) is 4.39 Å². The zero-order valence-corrected chi connectivity index (χ0v) is 10.9. The number of rotatable bonds is 4. The van der Waals surface area contributed by atoms with Gasteiger partial charge in [-0.1, -0.05) is 0 Å². The van der Waals surface area contributed by atoms with Gasteiger partial charge in [0.15, 0.2) is 0 Å². The number of carbonyl (C=O) groups excluding carboxylic acids is 1. The molecular formula is C16H15FN2O. The predicted molar refractivity (Wildman–Crippen MR) is 77.5 cm³/mol. The standard InChI is InChI=1S/C16H15FN2O/c17-12-3-5-13(6-4-12)18-14-7-9-15(10-8-14)19-16(20)11-1-2-11/h3-11,18H,1-2H2,(H,19,20). The first-order valence-electron chi connectivity index (χ1n) is 6.64. The lowest BCUT2D eigenvalue weighted by Crippen LogP contribution is -2.13. The number of benzene rings is 2. The van der Waals surface area contributed by atoms with Gasteiger partial charge < -0.3 is 10.6 Å². The molecule has 1 saturated carbocycles. The summed E-state index contributed by atoms with van der Waals surface area (Å²) in [4.78, 5) is 11.6. The van der Waals surface area contributed by atoms with Gasteiger partial charge in [0.05, 0.1) is 0 Å². The molecule has 2 aromatic carbocycles. The molecule has 0 atom stereocenters. The van der Waals surface area contributed by atoms with E-state index in [9.17, 15) is 9.18 Å². The number of halogens is 1. The molecule has 0 spiro atoms. The zero-order valence-electron chi connectivity index (χ0n) is 10.9. The van der Waals surface area contributed by atoms with Gasteiger partial charge in [-0.15, -0.1) is 0 Å². The number of carbonyl (C=O) groups is 1. The molecule has 0 aromatic heterocycles. The number of nitrogens with one attached hydrogen (secondary N) is 2. The van der Waals surface area contributed by atoms with Crippen LogP contribution in [0.25, 0.3) is 0 Å². The van der Waals surface area contributed by atoms with Crippen LogP contribution in [0.3, 0.4) is 0 Å². The lowest BCUT2D eigenvalue weighted by Gasteiger charge is -2.08. The molecular weight excluding hydrogens is 255 g/mol. The van der Waals surface area contributed by atoms with Crippen LogP contribution in [0.2, 0.25) is 0 Å². The summed E-state index contributed by atoms with van der Waals surface area (Å²) in [5.74, 6) is 0.0462. The van der Waals surface area contributed by atoms with E-state index in [2.05, 4.69) is 10.6 Å². The van der Waals surface area contributed by atoms with Gasteiger partial charge in [0, 0.05) is 23.0 Å². The van der Waals surface area contributed by atoms with Crippen molar-refractivity contribution < 1.29 is 9.18 Å². The number of hydrogen-bond acceptors (Lipinski definition) is 2. The van der Waals surface area contributed by atoms with Crippen molar-refractivity contribution in [3.63, 3.8) is 0 Å². The first-order chi connectivity index (χ1) is 9.70. The summed E-state index contributed by atoms with van der Waals surface area (Å²) in [5.41, 5.74) is 2.51. The molecule has 2 N–H and O–H groups in total. The highest BCUT2D eigenvalue weighted by molar-refractivity contribution is 5.94. The molecule has 0 heterocycles. The molecule has 1 aliphatic rings. The summed E-state index contributed by atoms with van der Waals surface area (Å²) in [6, 6.07) is 13.6. The molecule has 20 heavy (non-hydrogen) atoms. The van der Waals surface area contributed by atoms with Crippen LogP contribution in [-0.2, 0) is 4.79 Å². The highest BCUT2D eigenvalue weighted by Gasteiger charge is 2.29. The average molecular weight is 270 g/mol. The van der Waals surface area contributed by atoms with E-state index in [1.807, 2.05) is 24.3 Å². The molecule has 1 amide bonds. The van der Waals surface area contributed by atoms with E-state index in [-0.39, 0.29) is 17.6 Å². The Balaban J connectivity index is 1.63. The SMILES string of the molecule is O=C(Nc1ccc(Nc2ccc(F)cc2)cc1)C1CC1. The first-order valence-corrected chi connectivity index (χ1v) is 6.64. The molecule has 0 unspecified atom stereocenters. The second kappa shape index (κ2) is 5.33. The molecule has 3 nitrogen and oxygen atoms in total. The Labute approximate surface area is 116 Å². The van der Waals surface area contributed by atoms with Crippen molar-refractivity contribution >= 4 is 23.0 Å². The van der Waals surface area contributed by atoms with E-state index in [1.165, 1.54) is 12.1 Å². The van der Waals surface area contributed by atoms with E-state index < -0.39 is 0 Å². The van der Waals surface area contributed by atoms with Crippen molar-refractivity contribution in [3.8, 4) is 0 Å². The molecule has 1 fully saturated rings. The Hall–Kier alpha value is -2.36. The molecule has 102 valence electrons. The van der Waals surface area contributed by atoms with Crippen molar-refractivity contribution in [2.24, 2.45) is 5.92 Å². The van der Waals surface area contributed by atoms with E-state index in [0.29, 0.717) is 0 Å². The Bertz CT molecular complexity index is 603. The molecule has 0 bridgehead atoms. The van der Waals surface area contributed by atoms with Gasteiger partial charge in [-0.2, -0.15) is 0 Å². The predicted octanol–water partition coefficient (Wildman–Crippen LogP) is 3.92. The Morgan fingerprint density at radius 2 is 1.40 bits per heavy atom. The van der Waals surface area contributed by atoms with E-state index in [4.69, 9.17) is 0 Å². The summed E-state index contributed by atoms with van der Waals surface area (Å²) < 4.78 is 12.8. The quantitative estimate of drug-likeness (QED) is 0.884. The van der Waals surface area contributed by atoms with Crippen LogP contribution in [0.4, 0.5) is 21.5 Å². The van der Waals surface area contributed by atoms with E-state index in [0.717, 1.165) is 29.9 Å². The molecule has 1 aliphatic carbocycles. The van der Waals surface area contributed by atoms with Crippen molar-refractivity contribution in [2.45, 2.75) is 12.8 Å². The van der Waals surface area contributed by atoms with Gasteiger partial charge >= 0.3 is 0 Å². The first kappa shape index (κ1) is 12.7. The summed E-state index contributed by atoms with van der Waals surface area (Å²) >= 11 is 0. The van der Waals surface area contributed by atoms with Crippen molar-refractivity contribution in [2.75, 3.05) is 10.6 Å². The number of hydrogen-bond donors (Lipinski definition) is 2. The van der Waals surface area contributed by atoms with Crippen LogP contribution in [0.15, 0.2) is 48.5 Å². The Morgan fingerprint density at radius 3 is 1.95 bits per heavy atom. The van der Waals surface area contributed by atoms with E-state index in [1.54, 1.807) is 12.1 Å². The summed E-state index contributed by atoms with van der Waals surface area (Å²) in [6.45, 7) is 0. The fourth-order valence-electron chi connectivity index (χ4n) is 1.93. The Kier molecular flexibility index (Phi) is 3.37. The van der Waals surface area contributed by atoms with Crippen LogP contribution < -0.4 is 10.6 Å². The largest absolute Gasteiger partial charge is 0.356 e. The second-order valence-corrected chi connectivity index (χ2v) is 4.97. The average Bonchev–Trinajstić information content (AvgIpc) is 3.28. The Morgan fingerprint density at radius 1 is 0.900 bits per heavy atom. The maximum Gasteiger partial charge on any atom is 0.227 e. The molecule has 4 heteroatoms. The minimum atomic E-state index is -0.256. The minimum Gasteiger partial charge on any atom is -0.356 e. The zero-order chi connectivity index (χ0) is 13.9. The summed E-state index contributed by atoms with van der Waals surface area (Å²) in [7, 11) is 0. The van der Waals surface area contributed by atoms with Gasteiger partial charge in [0.1, 0.15) is 5.82 Å². The van der Waals surface area contributed by atoms with Crippen molar-refractivity contribution in [1.29, 1.82) is 0 Å². The van der Waals surface area contributed by atoms with Gasteiger partial charge in [0.25, 0.3) is 0 Å². The highest BCUT2D eigenvalue weighted by atomic mass is 19.1. The third-order valence-electron chi connectivity index (χ3n) is 3.23. The molecule has 3 rings (SSSR count). The van der Waals surface area contributed by atoms with Crippen LogP contribution in [-0.4, -0.2) is 5.91 Å². The number of amides is 1. The maximum absolute atomic E-state index is 12.8. The van der Waals surface area contributed by atoms with Crippen LogP contribution in [0.5, 0.6) is 0 Å². The van der Waals surface area contributed by atoms with Crippen molar-refractivity contribution in [1.82, 2.24) is 0 Å².